The molecule has 2 rings (SSSR count). The molecule has 0 aromatic heterocycles. The van der Waals surface area contributed by atoms with E-state index >= 15 is 0 Å². The van der Waals surface area contributed by atoms with Crippen LogP contribution in [0.4, 0.5) is 0 Å². The molecule has 0 aromatic rings. The van der Waals surface area contributed by atoms with E-state index in [2.05, 4.69) is 10.8 Å². The van der Waals surface area contributed by atoms with Gasteiger partial charge in [-0.1, -0.05) is 0 Å². The first-order valence-electron chi connectivity index (χ1n) is 7.51. The summed E-state index contributed by atoms with van der Waals surface area (Å²) in [7, 11) is 1.37. The molecule has 0 spiro atoms. The average Bonchev–Trinajstić information content (AvgIpc) is 2.88. The molecular formula is C15H23NO5. The zero-order chi connectivity index (χ0) is 15.3. The molecule has 0 aliphatic carbocycles. The molecule has 0 aromatic carbocycles. The number of hydrogen-bond acceptors (Lipinski definition) is 6. The molecule has 0 saturated carbocycles. The van der Waals surface area contributed by atoms with E-state index < -0.39 is 5.60 Å². The van der Waals surface area contributed by atoms with E-state index in [-0.39, 0.29) is 30.9 Å². The lowest BCUT2D eigenvalue weighted by molar-refractivity contribution is -0.183. The molecule has 0 radical (unpaired) electrons. The average molecular weight is 297 g/mol. The Morgan fingerprint density at radius 2 is 2.24 bits per heavy atom. The molecule has 2 heterocycles. The van der Waals surface area contributed by atoms with Crippen molar-refractivity contribution in [3.8, 4) is 6.07 Å². The largest absolute Gasteiger partial charge is 0.469 e. The van der Waals surface area contributed by atoms with Crippen molar-refractivity contribution in [2.24, 2.45) is 0 Å². The molecule has 6 heteroatoms. The third-order valence-corrected chi connectivity index (χ3v) is 4.41. The molecule has 4 atom stereocenters. The first-order chi connectivity index (χ1) is 10.1. The minimum Gasteiger partial charge on any atom is -0.469 e. The number of rotatable bonds is 6. The summed E-state index contributed by atoms with van der Waals surface area (Å²) in [4.78, 5) is 11.2. The van der Waals surface area contributed by atoms with E-state index in [0.29, 0.717) is 32.1 Å². The van der Waals surface area contributed by atoms with Gasteiger partial charge in [0.15, 0.2) is 0 Å². The van der Waals surface area contributed by atoms with Crippen LogP contribution >= 0.6 is 0 Å². The predicted molar refractivity (Wildman–Crippen MR) is 73.3 cm³/mol. The standard InChI is InChI=1S/C15H23NO5/c1-19-14(18)7-5-12-9-15(10-17)13(20-12)6-4-11(21-15)3-2-8-16/h11-13,17H,2-7,9-10H2,1H3/t11-,12?,13-,15+/m0/s1. The fourth-order valence-electron chi connectivity index (χ4n) is 3.29. The van der Waals surface area contributed by atoms with Gasteiger partial charge in [-0.3, -0.25) is 4.79 Å². The van der Waals surface area contributed by atoms with Gasteiger partial charge in [0, 0.05) is 19.3 Å². The Hall–Kier alpha value is -1.16. The summed E-state index contributed by atoms with van der Waals surface area (Å²) in [5.74, 6) is -0.251. The van der Waals surface area contributed by atoms with E-state index in [4.69, 9.17) is 14.7 Å². The SMILES string of the molecule is COC(=O)CCC1C[C@]2(CO)O[C@@H](CCC#N)CC[C@@H]2O1. The van der Waals surface area contributed by atoms with Crippen LogP contribution in [0.2, 0.25) is 0 Å². The second kappa shape index (κ2) is 7.21. The highest BCUT2D eigenvalue weighted by Gasteiger charge is 2.52. The maximum atomic E-state index is 11.2. The summed E-state index contributed by atoms with van der Waals surface area (Å²) >= 11 is 0. The van der Waals surface area contributed by atoms with Crippen LogP contribution in [0.3, 0.4) is 0 Å². The van der Waals surface area contributed by atoms with Crippen molar-refractivity contribution >= 4 is 5.97 Å². The molecule has 1 N–H and O–H groups in total. The van der Waals surface area contributed by atoms with Gasteiger partial charge in [-0.25, -0.2) is 0 Å². The smallest absolute Gasteiger partial charge is 0.305 e. The van der Waals surface area contributed by atoms with Crippen molar-refractivity contribution in [3.63, 3.8) is 0 Å². The van der Waals surface area contributed by atoms with Crippen LogP contribution in [0, 0.1) is 11.3 Å². The molecule has 2 aliphatic heterocycles. The Kier molecular flexibility index (Phi) is 5.57. The number of fused-ring (bicyclic) bond motifs is 1. The number of esters is 1. The van der Waals surface area contributed by atoms with Crippen LogP contribution < -0.4 is 0 Å². The number of methoxy groups -OCH3 is 1. The lowest BCUT2D eigenvalue weighted by Gasteiger charge is -2.40. The van der Waals surface area contributed by atoms with E-state index in [9.17, 15) is 9.90 Å². The first kappa shape index (κ1) is 16.2. The van der Waals surface area contributed by atoms with E-state index in [0.717, 1.165) is 12.8 Å². The summed E-state index contributed by atoms with van der Waals surface area (Å²) in [6.45, 7) is -0.0879. The Bertz CT molecular complexity index is 407. The van der Waals surface area contributed by atoms with Gasteiger partial charge >= 0.3 is 5.97 Å². The van der Waals surface area contributed by atoms with Crippen molar-refractivity contribution in [2.45, 2.75) is 68.9 Å². The number of ether oxygens (including phenoxy) is 3. The highest BCUT2D eigenvalue weighted by molar-refractivity contribution is 5.69. The van der Waals surface area contributed by atoms with Gasteiger partial charge in [0.05, 0.1) is 38.1 Å². The van der Waals surface area contributed by atoms with Crippen LogP contribution in [0.15, 0.2) is 0 Å². The molecule has 2 aliphatic rings. The van der Waals surface area contributed by atoms with Crippen LogP contribution in [0.1, 0.15) is 44.9 Å². The third-order valence-electron chi connectivity index (χ3n) is 4.41. The lowest BCUT2D eigenvalue weighted by atomic mass is 9.86. The van der Waals surface area contributed by atoms with Crippen molar-refractivity contribution in [2.75, 3.05) is 13.7 Å². The van der Waals surface area contributed by atoms with Crippen LogP contribution in [0.25, 0.3) is 0 Å². The Morgan fingerprint density at radius 1 is 1.43 bits per heavy atom. The highest BCUT2D eigenvalue weighted by Crippen LogP contribution is 2.43. The molecule has 118 valence electrons. The molecule has 2 saturated heterocycles. The van der Waals surface area contributed by atoms with E-state index in [1.807, 2.05) is 0 Å². The van der Waals surface area contributed by atoms with Crippen LogP contribution in [-0.2, 0) is 19.0 Å². The molecule has 1 unspecified atom stereocenters. The van der Waals surface area contributed by atoms with Crippen molar-refractivity contribution in [1.29, 1.82) is 5.26 Å². The van der Waals surface area contributed by atoms with Crippen molar-refractivity contribution in [3.05, 3.63) is 0 Å². The van der Waals surface area contributed by atoms with Gasteiger partial charge in [0.1, 0.15) is 5.60 Å². The van der Waals surface area contributed by atoms with Gasteiger partial charge < -0.3 is 19.3 Å². The van der Waals surface area contributed by atoms with Crippen molar-refractivity contribution in [1.82, 2.24) is 0 Å². The zero-order valence-corrected chi connectivity index (χ0v) is 12.4. The normalized spacial score (nSPS) is 35.0. The van der Waals surface area contributed by atoms with Gasteiger partial charge in [0.25, 0.3) is 0 Å². The zero-order valence-electron chi connectivity index (χ0n) is 12.4. The molecular weight excluding hydrogens is 274 g/mol. The second-order valence-corrected chi connectivity index (χ2v) is 5.80. The van der Waals surface area contributed by atoms with Gasteiger partial charge in [0.2, 0.25) is 0 Å². The molecule has 0 bridgehead atoms. The summed E-state index contributed by atoms with van der Waals surface area (Å²) in [6.07, 6.45) is 4.11. The molecule has 2 fully saturated rings. The van der Waals surface area contributed by atoms with Gasteiger partial charge in [-0.05, 0) is 25.7 Å². The third kappa shape index (κ3) is 3.73. The number of aliphatic hydroxyl groups is 1. The maximum absolute atomic E-state index is 11.2. The number of carbonyl (C=O) groups excluding carboxylic acids is 1. The molecule has 21 heavy (non-hydrogen) atoms. The fraction of sp³-hybridized carbons (Fsp3) is 0.867. The fourth-order valence-corrected chi connectivity index (χ4v) is 3.29. The Balaban J connectivity index is 1.92. The van der Waals surface area contributed by atoms with Gasteiger partial charge in [-0.15, -0.1) is 0 Å². The van der Waals surface area contributed by atoms with E-state index in [1.54, 1.807) is 0 Å². The van der Waals surface area contributed by atoms with Crippen LogP contribution in [-0.4, -0.2) is 48.7 Å². The Labute approximate surface area is 125 Å². The monoisotopic (exact) mass is 297 g/mol. The number of aliphatic hydroxyl groups excluding tert-OH is 1. The summed E-state index contributed by atoms with van der Waals surface area (Å²) in [5.41, 5.74) is -0.668. The van der Waals surface area contributed by atoms with Gasteiger partial charge in [-0.2, -0.15) is 5.26 Å². The lowest BCUT2D eigenvalue weighted by Crippen LogP contribution is -2.51. The minimum atomic E-state index is -0.668. The quantitative estimate of drug-likeness (QED) is 0.744. The number of nitrogens with zero attached hydrogens (tertiary/aromatic N) is 1. The summed E-state index contributed by atoms with van der Waals surface area (Å²) in [5, 5.41) is 18.4. The number of carbonyl (C=O) groups is 1. The minimum absolute atomic E-state index is 0.0102. The number of nitriles is 1. The van der Waals surface area contributed by atoms with Crippen LogP contribution in [0.5, 0.6) is 0 Å². The topological polar surface area (TPSA) is 88.8 Å². The molecule has 6 nitrogen and oxygen atoms in total. The Morgan fingerprint density at radius 3 is 2.90 bits per heavy atom. The number of hydrogen-bond donors (Lipinski definition) is 1. The first-order valence-corrected chi connectivity index (χ1v) is 7.51. The van der Waals surface area contributed by atoms with Crippen molar-refractivity contribution < 1.29 is 24.1 Å². The van der Waals surface area contributed by atoms with E-state index in [1.165, 1.54) is 7.11 Å². The second-order valence-electron chi connectivity index (χ2n) is 5.80. The highest BCUT2D eigenvalue weighted by atomic mass is 16.6. The maximum Gasteiger partial charge on any atom is 0.305 e. The predicted octanol–water partition coefficient (Wildman–Crippen LogP) is 1.31. The molecule has 0 amide bonds. The summed E-state index contributed by atoms with van der Waals surface area (Å²) < 4.78 is 16.7. The summed E-state index contributed by atoms with van der Waals surface area (Å²) in [6, 6.07) is 2.13.